The van der Waals surface area contributed by atoms with Crippen molar-refractivity contribution in [3.63, 3.8) is 0 Å². The normalized spacial score (nSPS) is 12.4. The van der Waals surface area contributed by atoms with E-state index >= 15 is 0 Å². The SMILES string of the molecule is CN(C)c1nnc(SC(CN)c2ccc(Cl)cc2)s1. The van der Waals surface area contributed by atoms with Crippen molar-refractivity contribution in [2.45, 2.75) is 9.59 Å². The number of nitrogens with zero attached hydrogens (tertiary/aromatic N) is 3. The fraction of sp³-hybridized carbons (Fsp3) is 0.333. The second kappa shape index (κ2) is 6.56. The maximum Gasteiger partial charge on any atom is 0.208 e. The maximum absolute atomic E-state index is 5.89. The lowest BCUT2D eigenvalue weighted by Gasteiger charge is -2.12. The summed E-state index contributed by atoms with van der Waals surface area (Å²) in [6.45, 7) is 0.545. The van der Waals surface area contributed by atoms with E-state index in [1.807, 2.05) is 43.3 Å². The lowest BCUT2D eigenvalue weighted by atomic mass is 10.1. The predicted octanol–water partition coefficient (Wildman–Crippen LogP) is 3.05. The number of nitrogens with two attached hydrogens (primary N) is 1. The zero-order valence-electron chi connectivity index (χ0n) is 10.7. The number of halogens is 1. The first-order chi connectivity index (χ1) is 9.10. The molecule has 19 heavy (non-hydrogen) atoms. The zero-order chi connectivity index (χ0) is 13.8. The predicted molar refractivity (Wildman–Crippen MR) is 83.3 cm³/mol. The van der Waals surface area contributed by atoms with Crippen LogP contribution in [0.15, 0.2) is 28.6 Å². The van der Waals surface area contributed by atoms with Crippen LogP contribution in [0.4, 0.5) is 5.13 Å². The third kappa shape index (κ3) is 3.82. The maximum atomic E-state index is 5.89. The summed E-state index contributed by atoms with van der Waals surface area (Å²) in [7, 11) is 3.91. The van der Waals surface area contributed by atoms with Crippen LogP contribution in [0.2, 0.25) is 5.02 Å². The van der Waals surface area contributed by atoms with E-state index in [1.54, 1.807) is 23.1 Å². The molecule has 0 saturated carbocycles. The Morgan fingerprint density at radius 3 is 2.53 bits per heavy atom. The Balaban J connectivity index is 2.12. The molecule has 1 aromatic carbocycles. The number of hydrogen-bond acceptors (Lipinski definition) is 6. The minimum Gasteiger partial charge on any atom is -0.353 e. The van der Waals surface area contributed by atoms with Crippen LogP contribution in [0.1, 0.15) is 10.8 Å². The van der Waals surface area contributed by atoms with Gasteiger partial charge >= 0.3 is 0 Å². The van der Waals surface area contributed by atoms with E-state index in [9.17, 15) is 0 Å². The quantitative estimate of drug-likeness (QED) is 0.860. The number of aromatic nitrogens is 2. The molecule has 4 nitrogen and oxygen atoms in total. The van der Waals surface area contributed by atoms with Gasteiger partial charge in [0.15, 0.2) is 4.34 Å². The smallest absolute Gasteiger partial charge is 0.208 e. The number of benzene rings is 1. The molecule has 0 radical (unpaired) electrons. The lowest BCUT2D eigenvalue weighted by molar-refractivity contribution is 0.927. The van der Waals surface area contributed by atoms with Gasteiger partial charge in [0.1, 0.15) is 0 Å². The summed E-state index contributed by atoms with van der Waals surface area (Å²) in [4.78, 5) is 1.95. The van der Waals surface area contributed by atoms with Gasteiger partial charge in [-0.15, -0.1) is 10.2 Å². The van der Waals surface area contributed by atoms with Crippen LogP contribution < -0.4 is 10.6 Å². The van der Waals surface area contributed by atoms with Gasteiger partial charge in [-0.05, 0) is 17.7 Å². The number of hydrogen-bond donors (Lipinski definition) is 1. The molecule has 0 amide bonds. The Morgan fingerprint density at radius 1 is 1.32 bits per heavy atom. The monoisotopic (exact) mass is 314 g/mol. The summed E-state index contributed by atoms with van der Waals surface area (Å²) in [5.41, 5.74) is 7.00. The lowest BCUT2D eigenvalue weighted by Crippen LogP contribution is -2.09. The molecule has 0 aliphatic heterocycles. The van der Waals surface area contributed by atoms with Crippen molar-refractivity contribution >= 4 is 39.8 Å². The third-order valence-corrected chi connectivity index (χ3v) is 5.19. The van der Waals surface area contributed by atoms with E-state index < -0.39 is 0 Å². The van der Waals surface area contributed by atoms with Crippen LogP contribution in [0.3, 0.4) is 0 Å². The molecule has 0 bridgehead atoms. The fourth-order valence-corrected chi connectivity index (χ4v) is 3.60. The van der Waals surface area contributed by atoms with Crippen LogP contribution in [0.5, 0.6) is 0 Å². The Kier molecular flexibility index (Phi) is 5.04. The van der Waals surface area contributed by atoms with Crippen molar-refractivity contribution in [2.24, 2.45) is 5.73 Å². The van der Waals surface area contributed by atoms with Crippen molar-refractivity contribution in [3.8, 4) is 0 Å². The first-order valence-corrected chi connectivity index (χ1v) is 7.80. The summed E-state index contributed by atoms with van der Waals surface area (Å²) in [5.74, 6) is 0. The van der Waals surface area contributed by atoms with E-state index in [2.05, 4.69) is 10.2 Å². The topological polar surface area (TPSA) is 55.0 Å². The van der Waals surface area contributed by atoms with Gasteiger partial charge in [0, 0.05) is 30.9 Å². The van der Waals surface area contributed by atoms with Crippen LogP contribution in [-0.4, -0.2) is 30.8 Å². The molecule has 1 unspecified atom stereocenters. The number of thioether (sulfide) groups is 1. The Labute approximate surface area is 126 Å². The van der Waals surface area contributed by atoms with Gasteiger partial charge in [-0.2, -0.15) is 0 Å². The van der Waals surface area contributed by atoms with Gasteiger partial charge in [-0.25, -0.2) is 0 Å². The van der Waals surface area contributed by atoms with Crippen LogP contribution in [0, 0.1) is 0 Å². The summed E-state index contributed by atoms with van der Waals surface area (Å²) in [6, 6.07) is 7.76. The first kappa shape index (κ1) is 14.6. The number of rotatable bonds is 5. The average molecular weight is 315 g/mol. The molecule has 1 atom stereocenters. The second-order valence-corrected chi connectivity index (χ2v) is 6.98. The van der Waals surface area contributed by atoms with Gasteiger partial charge in [-0.3, -0.25) is 0 Å². The molecule has 102 valence electrons. The van der Waals surface area contributed by atoms with Gasteiger partial charge in [0.25, 0.3) is 0 Å². The summed E-state index contributed by atoms with van der Waals surface area (Å²) < 4.78 is 0.925. The zero-order valence-corrected chi connectivity index (χ0v) is 13.1. The van der Waals surface area contributed by atoms with Crippen molar-refractivity contribution < 1.29 is 0 Å². The standard InChI is InChI=1S/C12H15ClN4S2/c1-17(2)11-15-16-12(19-11)18-10(7-14)8-3-5-9(13)6-4-8/h3-6,10H,7,14H2,1-2H3. The van der Waals surface area contributed by atoms with Crippen LogP contribution in [-0.2, 0) is 0 Å². The molecule has 0 aliphatic rings. The van der Waals surface area contributed by atoms with E-state index in [-0.39, 0.29) is 5.25 Å². The first-order valence-electron chi connectivity index (χ1n) is 5.73. The van der Waals surface area contributed by atoms with Crippen molar-refractivity contribution in [3.05, 3.63) is 34.9 Å². The average Bonchev–Trinajstić information content (AvgIpc) is 2.86. The van der Waals surface area contributed by atoms with Crippen molar-refractivity contribution in [1.82, 2.24) is 10.2 Å². The van der Waals surface area contributed by atoms with E-state index in [1.165, 1.54) is 0 Å². The van der Waals surface area contributed by atoms with Gasteiger partial charge in [-0.1, -0.05) is 46.8 Å². The molecular weight excluding hydrogens is 300 g/mol. The Morgan fingerprint density at radius 2 is 2.00 bits per heavy atom. The largest absolute Gasteiger partial charge is 0.353 e. The molecule has 2 aromatic rings. The van der Waals surface area contributed by atoms with Crippen LogP contribution >= 0.6 is 34.7 Å². The molecular formula is C12H15ClN4S2. The van der Waals surface area contributed by atoms with Gasteiger partial charge < -0.3 is 10.6 Å². The Hall–Kier alpha value is -0.820. The molecule has 0 spiro atoms. The highest BCUT2D eigenvalue weighted by Gasteiger charge is 2.15. The Bertz CT molecular complexity index is 527. The number of anilines is 1. The van der Waals surface area contributed by atoms with E-state index in [4.69, 9.17) is 17.3 Å². The highest BCUT2D eigenvalue weighted by molar-refractivity contribution is 8.01. The highest BCUT2D eigenvalue weighted by atomic mass is 35.5. The van der Waals surface area contributed by atoms with Gasteiger partial charge in [0.05, 0.1) is 0 Å². The molecule has 0 saturated heterocycles. The second-order valence-electron chi connectivity index (χ2n) is 4.14. The molecule has 0 aliphatic carbocycles. The summed E-state index contributed by atoms with van der Waals surface area (Å²) in [5, 5.41) is 10.1. The molecule has 1 heterocycles. The van der Waals surface area contributed by atoms with Gasteiger partial charge in [0.2, 0.25) is 5.13 Å². The molecule has 2 N–H and O–H groups in total. The highest BCUT2D eigenvalue weighted by Crippen LogP contribution is 2.37. The third-order valence-electron chi connectivity index (χ3n) is 2.48. The fourth-order valence-electron chi connectivity index (χ4n) is 1.48. The minimum absolute atomic E-state index is 0.167. The summed E-state index contributed by atoms with van der Waals surface area (Å²) >= 11 is 9.10. The van der Waals surface area contributed by atoms with E-state index in [0.717, 1.165) is 20.1 Å². The molecule has 2 rings (SSSR count). The van der Waals surface area contributed by atoms with Crippen LogP contribution in [0.25, 0.3) is 0 Å². The van der Waals surface area contributed by atoms with Crippen molar-refractivity contribution in [2.75, 3.05) is 25.5 Å². The van der Waals surface area contributed by atoms with Crippen molar-refractivity contribution in [1.29, 1.82) is 0 Å². The van der Waals surface area contributed by atoms with E-state index in [0.29, 0.717) is 6.54 Å². The summed E-state index contributed by atoms with van der Waals surface area (Å²) in [6.07, 6.45) is 0. The minimum atomic E-state index is 0.167. The molecule has 1 aromatic heterocycles. The molecule has 0 fully saturated rings. The molecule has 7 heteroatoms.